The molecule has 20 heavy (non-hydrogen) atoms. The molecule has 0 saturated heterocycles. The van der Waals surface area contributed by atoms with Gasteiger partial charge in [-0.1, -0.05) is 6.07 Å². The molecule has 0 radical (unpaired) electrons. The van der Waals surface area contributed by atoms with Crippen molar-refractivity contribution in [3.8, 4) is 6.07 Å². The van der Waals surface area contributed by atoms with E-state index in [2.05, 4.69) is 11.4 Å². The van der Waals surface area contributed by atoms with Crippen molar-refractivity contribution in [3.63, 3.8) is 0 Å². The molecule has 0 spiro atoms. The number of benzene rings is 1. The first-order chi connectivity index (χ1) is 9.67. The number of amides is 1. The Hall–Kier alpha value is -2.02. The fraction of sp³-hybridized carbons (Fsp3) is 0.500. The van der Waals surface area contributed by atoms with E-state index in [1.807, 2.05) is 36.9 Å². The normalized spacial score (nSPS) is 13.7. The van der Waals surface area contributed by atoms with Crippen molar-refractivity contribution < 1.29 is 4.79 Å². The zero-order chi connectivity index (χ0) is 14.5. The van der Waals surface area contributed by atoms with Crippen molar-refractivity contribution in [3.05, 3.63) is 29.3 Å². The highest BCUT2D eigenvalue weighted by atomic mass is 16.2. The summed E-state index contributed by atoms with van der Waals surface area (Å²) < 4.78 is 0. The van der Waals surface area contributed by atoms with Crippen LogP contribution < -0.4 is 5.32 Å². The molecule has 0 aromatic heterocycles. The molecule has 0 bridgehead atoms. The highest BCUT2D eigenvalue weighted by molar-refractivity contribution is 6.00. The van der Waals surface area contributed by atoms with Gasteiger partial charge in [-0.2, -0.15) is 5.26 Å². The van der Waals surface area contributed by atoms with E-state index in [1.165, 1.54) is 0 Å². The third-order valence-electron chi connectivity index (χ3n) is 3.49. The summed E-state index contributed by atoms with van der Waals surface area (Å²) in [5.41, 5.74) is 2.73. The van der Waals surface area contributed by atoms with Gasteiger partial charge in [-0.05, 0) is 44.4 Å². The van der Waals surface area contributed by atoms with E-state index in [0.717, 1.165) is 30.6 Å². The average Bonchev–Trinajstić information content (AvgIpc) is 3.24. The largest absolute Gasteiger partial charge is 0.385 e. The van der Waals surface area contributed by atoms with E-state index in [0.29, 0.717) is 24.6 Å². The predicted octanol–water partition coefficient (Wildman–Crippen LogP) is 2.95. The van der Waals surface area contributed by atoms with Crippen LogP contribution in [-0.2, 0) is 0 Å². The summed E-state index contributed by atoms with van der Waals surface area (Å²) in [6, 6.07) is 8.31. The lowest BCUT2D eigenvalue weighted by Crippen LogP contribution is -2.34. The highest BCUT2D eigenvalue weighted by Crippen LogP contribution is 2.30. The van der Waals surface area contributed by atoms with E-state index in [-0.39, 0.29) is 5.91 Å². The average molecular weight is 271 g/mol. The van der Waals surface area contributed by atoms with Crippen LogP contribution in [0.25, 0.3) is 0 Å². The Bertz CT molecular complexity index is 529. The predicted molar refractivity (Wildman–Crippen MR) is 79.6 cm³/mol. The number of carbonyl (C=O) groups excluding carboxylic acids is 1. The molecule has 1 amide bonds. The SMILES string of the molecule is CCNc1cc(C)ccc1C(=O)N(CCC#N)C1CC1. The van der Waals surface area contributed by atoms with Gasteiger partial charge in [0.1, 0.15) is 0 Å². The minimum atomic E-state index is 0.0405. The van der Waals surface area contributed by atoms with Crippen molar-refractivity contribution in [2.75, 3.05) is 18.4 Å². The van der Waals surface area contributed by atoms with E-state index in [9.17, 15) is 4.79 Å². The van der Waals surface area contributed by atoms with E-state index >= 15 is 0 Å². The summed E-state index contributed by atoms with van der Waals surface area (Å²) in [6.07, 6.45) is 2.50. The van der Waals surface area contributed by atoms with Gasteiger partial charge in [0.25, 0.3) is 5.91 Å². The molecule has 1 aromatic rings. The number of hydrogen-bond acceptors (Lipinski definition) is 3. The number of carbonyl (C=O) groups is 1. The van der Waals surface area contributed by atoms with Gasteiger partial charge in [-0.3, -0.25) is 4.79 Å². The molecule has 2 rings (SSSR count). The lowest BCUT2D eigenvalue weighted by Gasteiger charge is -2.23. The molecule has 4 heteroatoms. The summed E-state index contributed by atoms with van der Waals surface area (Å²) in [7, 11) is 0. The van der Waals surface area contributed by atoms with Gasteiger partial charge in [-0.15, -0.1) is 0 Å². The molecule has 4 nitrogen and oxygen atoms in total. The molecule has 1 aromatic carbocycles. The van der Waals surface area contributed by atoms with Crippen LogP contribution in [-0.4, -0.2) is 29.9 Å². The zero-order valence-electron chi connectivity index (χ0n) is 12.1. The quantitative estimate of drug-likeness (QED) is 0.865. The standard InChI is InChI=1S/C16H21N3O/c1-3-18-15-11-12(2)5-8-14(15)16(20)19(10-4-9-17)13-6-7-13/h5,8,11,13,18H,3-4,6-7,10H2,1-2H3. The molecule has 1 N–H and O–H groups in total. The Morgan fingerprint density at radius 3 is 2.85 bits per heavy atom. The Labute approximate surface area is 120 Å². The minimum Gasteiger partial charge on any atom is -0.385 e. The van der Waals surface area contributed by atoms with Gasteiger partial charge < -0.3 is 10.2 Å². The van der Waals surface area contributed by atoms with Gasteiger partial charge in [-0.25, -0.2) is 0 Å². The highest BCUT2D eigenvalue weighted by Gasteiger charge is 2.33. The number of nitrogens with zero attached hydrogens (tertiary/aromatic N) is 2. The maximum absolute atomic E-state index is 12.7. The number of rotatable bonds is 6. The van der Waals surface area contributed by atoms with Crippen LogP contribution in [0.15, 0.2) is 18.2 Å². The van der Waals surface area contributed by atoms with E-state index < -0.39 is 0 Å². The number of nitriles is 1. The number of nitrogens with one attached hydrogen (secondary N) is 1. The van der Waals surface area contributed by atoms with Gasteiger partial charge in [0.2, 0.25) is 0 Å². The molecule has 1 saturated carbocycles. The Balaban J connectivity index is 2.24. The third kappa shape index (κ3) is 3.30. The number of hydrogen-bond donors (Lipinski definition) is 1. The van der Waals surface area contributed by atoms with Gasteiger partial charge in [0, 0.05) is 24.8 Å². The third-order valence-corrected chi connectivity index (χ3v) is 3.49. The summed E-state index contributed by atoms with van der Waals surface area (Å²) in [5, 5.41) is 12.0. The Morgan fingerprint density at radius 1 is 1.50 bits per heavy atom. The van der Waals surface area contributed by atoms with Crippen molar-refractivity contribution >= 4 is 11.6 Å². The Morgan fingerprint density at radius 2 is 2.25 bits per heavy atom. The van der Waals surface area contributed by atoms with E-state index in [4.69, 9.17) is 5.26 Å². The molecular formula is C16H21N3O. The maximum Gasteiger partial charge on any atom is 0.256 e. The first-order valence-corrected chi connectivity index (χ1v) is 7.19. The van der Waals surface area contributed by atoms with Gasteiger partial charge >= 0.3 is 0 Å². The van der Waals surface area contributed by atoms with Crippen LogP contribution in [0.1, 0.15) is 42.1 Å². The van der Waals surface area contributed by atoms with Gasteiger partial charge in [0.15, 0.2) is 0 Å². The minimum absolute atomic E-state index is 0.0405. The van der Waals surface area contributed by atoms with Crippen LogP contribution >= 0.6 is 0 Å². The van der Waals surface area contributed by atoms with Gasteiger partial charge in [0.05, 0.1) is 18.1 Å². The van der Waals surface area contributed by atoms with Crippen molar-refractivity contribution in [2.24, 2.45) is 0 Å². The fourth-order valence-corrected chi connectivity index (χ4v) is 2.34. The second kappa shape index (κ2) is 6.42. The number of anilines is 1. The first kappa shape index (κ1) is 14.4. The van der Waals surface area contributed by atoms with Crippen LogP contribution in [0.5, 0.6) is 0 Å². The molecule has 0 aliphatic heterocycles. The Kier molecular flexibility index (Phi) is 4.62. The summed E-state index contributed by atoms with van der Waals surface area (Å²) >= 11 is 0. The summed E-state index contributed by atoms with van der Waals surface area (Å²) in [6.45, 7) is 5.35. The second-order valence-electron chi connectivity index (χ2n) is 5.22. The smallest absolute Gasteiger partial charge is 0.256 e. The molecule has 106 valence electrons. The topological polar surface area (TPSA) is 56.1 Å². The summed E-state index contributed by atoms with van der Waals surface area (Å²) in [5.74, 6) is 0.0405. The molecule has 0 unspecified atom stereocenters. The second-order valence-corrected chi connectivity index (χ2v) is 5.22. The van der Waals surface area contributed by atoms with Crippen LogP contribution in [0.3, 0.4) is 0 Å². The molecule has 1 aliphatic rings. The van der Waals surface area contributed by atoms with E-state index in [1.54, 1.807) is 0 Å². The first-order valence-electron chi connectivity index (χ1n) is 7.19. The van der Waals surface area contributed by atoms with Crippen molar-refractivity contribution in [2.45, 2.75) is 39.2 Å². The number of aryl methyl sites for hydroxylation is 1. The maximum atomic E-state index is 12.7. The van der Waals surface area contributed by atoms with Crippen molar-refractivity contribution in [1.82, 2.24) is 4.90 Å². The lowest BCUT2D eigenvalue weighted by atomic mass is 10.1. The molecule has 1 aliphatic carbocycles. The zero-order valence-corrected chi connectivity index (χ0v) is 12.1. The van der Waals surface area contributed by atoms with Crippen molar-refractivity contribution in [1.29, 1.82) is 5.26 Å². The lowest BCUT2D eigenvalue weighted by molar-refractivity contribution is 0.0748. The molecule has 1 fully saturated rings. The van der Waals surface area contributed by atoms with Crippen LogP contribution in [0, 0.1) is 18.3 Å². The molecular weight excluding hydrogens is 250 g/mol. The fourth-order valence-electron chi connectivity index (χ4n) is 2.34. The molecule has 0 atom stereocenters. The van der Waals surface area contributed by atoms with Crippen LogP contribution in [0.4, 0.5) is 5.69 Å². The monoisotopic (exact) mass is 271 g/mol. The summed E-state index contributed by atoms with van der Waals surface area (Å²) in [4.78, 5) is 14.6. The molecule has 0 heterocycles. The van der Waals surface area contributed by atoms with Crippen LogP contribution in [0.2, 0.25) is 0 Å².